The highest BCUT2D eigenvalue weighted by Crippen LogP contribution is 2.42. The number of carbonyl (C=O) groups excluding carboxylic acids is 12. The predicted octanol–water partition coefficient (Wildman–Crippen LogP) is -2.29. The first-order chi connectivity index (χ1) is 42.4. The van der Waals surface area contributed by atoms with Crippen molar-refractivity contribution in [1.82, 2.24) is 64.7 Å². The first-order valence-electron chi connectivity index (χ1n) is 29.4. The second-order valence-corrected chi connectivity index (χ2v) is 23.2. The fourth-order valence-corrected chi connectivity index (χ4v) is 10.8. The van der Waals surface area contributed by atoms with Gasteiger partial charge in [-0.15, -0.1) is 0 Å². The zero-order valence-electron chi connectivity index (χ0n) is 53.0. The van der Waals surface area contributed by atoms with Crippen LogP contribution in [-0.2, 0) is 97.0 Å². The van der Waals surface area contributed by atoms with Crippen molar-refractivity contribution in [1.29, 1.82) is 0 Å². The summed E-state index contributed by atoms with van der Waals surface area (Å²) < 4.78 is 13.3. The molecule has 0 saturated carbocycles. The molecule has 3 aliphatic rings. The highest BCUT2D eigenvalue weighted by atomic mass is 16.6. The van der Waals surface area contributed by atoms with Gasteiger partial charge in [0.25, 0.3) is 5.56 Å². The van der Waals surface area contributed by atoms with E-state index in [4.69, 9.17) is 14.5 Å². The minimum absolute atomic E-state index is 0.0169. The largest absolute Gasteiger partial charge is 0.481 e. The molecule has 1 fully saturated rings. The highest BCUT2D eigenvalue weighted by molar-refractivity contribution is 5.98. The summed E-state index contributed by atoms with van der Waals surface area (Å²) in [6.45, 7) is 3.18. The maximum Gasteiger partial charge on any atom is 0.355 e. The van der Waals surface area contributed by atoms with E-state index >= 15 is 0 Å². The number of cyclic esters (lactones) is 1. The van der Waals surface area contributed by atoms with Crippen molar-refractivity contribution in [3.63, 3.8) is 0 Å². The number of hydrogen-bond acceptors (Lipinski definition) is 18. The van der Waals surface area contributed by atoms with Crippen molar-refractivity contribution < 1.29 is 76.9 Å². The number of carboxylic acid groups (broad SMARTS) is 1. The number of esters is 2. The van der Waals surface area contributed by atoms with E-state index in [1.54, 1.807) is 38.5 Å². The highest BCUT2D eigenvalue weighted by Gasteiger charge is 2.52. The van der Waals surface area contributed by atoms with Gasteiger partial charge in [-0.2, -0.15) is 0 Å². The number of aryl methyl sites for hydroxylation is 1. The van der Waals surface area contributed by atoms with Gasteiger partial charge in [-0.25, -0.2) is 14.6 Å². The number of para-hydroxylation sites is 1. The number of aromatic nitrogens is 2. The lowest BCUT2D eigenvalue weighted by Gasteiger charge is -2.37. The Labute approximate surface area is 520 Å². The molecule has 0 bridgehead atoms. The van der Waals surface area contributed by atoms with Crippen LogP contribution in [0.4, 0.5) is 0 Å². The van der Waals surface area contributed by atoms with Crippen LogP contribution in [0.25, 0.3) is 22.3 Å². The number of likely N-dealkylation sites (tertiary alicyclic amines) is 1. The van der Waals surface area contributed by atoms with Gasteiger partial charge in [0.2, 0.25) is 64.7 Å². The summed E-state index contributed by atoms with van der Waals surface area (Å²) in [5.41, 5.74) is 1.26. The number of pyridine rings is 2. The molecular weight excluding hydrogens is 1170 g/mol. The maximum absolute atomic E-state index is 14.5. The van der Waals surface area contributed by atoms with Crippen LogP contribution >= 0.6 is 0 Å². The smallest absolute Gasteiger partial charge is 0.355 e. The monoisotopic (exact) mass is 1260 g/mol. The van der Waals surface area contributed by atoms with E-state index in [2.05, 4.69) is 16.0 Å². The molecule has 0 spiro atoms. The second kappa shape index (κ2) is 29.8. The minimum atomic E-state index is -2.12. The molecule has 1 saturated heterocycles. The van der Waals surface area contributed by atoms with Gasteiger partial charge in [-0.05, 0) is 56.3 Å². The summed E-state index contributed by atoms with van der Waals surface area (Å²) in [7, 11) is 10.8. The molecule has 4 N–H and O–H groups in total. The fourth-order valence-electron chi connectivity index (χ4n) is 10.8. The first kappa shape index (κ1) is 69.7. The van der Waals surface area contributed by atoms with Crippen LogP contribution in [0.5, 0.6) is 0 Å². The van der Waals surface area contributed by atoms with Gasteiger partial charge in [0.1, 0.15) is 24.7 Å². The zero-order valence-corrected chi connectivity index (χ0v) is 53.0. The van der Waals surface area contributed by atoms with Crippen molar-refractivity contribution in [2.24, 2.45) is 5.92 Å². The molecule has 0 aliphatic carbocycles. The molecule has 3 aromatic rings. The number of carbonyl (C=O) groups is 13. The number of nitrogens with zero attached hydrogens (tertiary/aromatic N) is 10. The molecule has 90 heavy (non-hydrogen) atoms. The van der Waals surface area contributed by atoms with Crippen LogP contribution in [0.1, 0.15) is 75.6 Å². The van der Waals surface area contributed by atoms with Crippen molar-refractivity contribution in [2.75, 3.05) is 115 Å². The lowest BCUT2D eigenvalue weighted by molar-refractivity contribution is -0.191. The molecule has 3 aliphatic heterocycles. The van der Waals surface area contributed by atoms with Crippen LogP contribution in [0.3, 0.4) is 0 Å². The molecular formula is C60H81N13O17. The number of rotatable bonds is 27. The van der Waals surface area contributed by atoms with Crippen LogP contribution < -0.4 is 21.5 Å². The Morgan fingerprint density at radius 1 is 0.722 bits per heavy atom. The Morgan fingerprint density at radius 3 is 1.72 bits per heavy atom. The number of hydrogen-bond donors (Lipinski definition) is 4. The number of amides is 10. The summed E-state index contributed by atoms with van der Waals surface area (Å²) in [6.07, 6.45) is -0.0963. The standard InChI is InChI=1S/C60H81N13O17/c1-13-35-36-18-15-16-19-40(36)63-54-37(35)25-73-43(54)22-39-38(56(73)85)33-89-59(88)60(39,14-2)90-58(87)53(34(3)4)64-55(84)42-20-17-21-72(42)57(86)41(23-52(82)83)62-44(74)26-65(6)46(76)28-67(8)48(78)30-69(10)50(80)32-71(12)51(81)31-70(11)49(79)29-68(9)47(77)27-66(7)45(75)24-61-5/h15-16,18-19,22,34,41-42,53,61H,13-14,17,20-21,23-33H2,1-12H3,(H,62,74)(H,64,84)(H,82,83)/t41-,42-,53?,60-/m0/s1. The first-order valence-corrected chi connectivity index (χ1v) is 29.4. The second-order valence-electron chi connectivity index (χ2n) is 23.2. The lowest BCUT2D eigenvalue weighted by Crippen LogP contribution is -2.58. The fraction of sp³-hybridized carbons (Fsp3) is 0.550. The van der Waals surface area contributed by atoms with E-state index in [1.165, 1.54) is 54.2 Å². The quantitative estimate of drug-likeness (QED) is 0.0457. The van der Waals surface area contributed by atoms with Crippen LogP contribution in [0, 0.1) is 5.92 Å². The average molecular weight is 1260 g/mol. The number of carboxylic acids is 1. The Kier molecular flexibility index (Phi) is 23.1. The van der Waals surface area contributed by atoms with E-state index < -0.39 is 152 Å². The van der Waals surface area contributed by atoms with Crippen LogP contribution in [-0.4, -0.2) is 264 Å². The summed E-state index contributed by atoms with van der Waals surface area (Å²) >= 11 is 0. The summed E-state index contributed by atoms with van der Waals surface area (Å²) in [5, 5.41) is 18.5. The van der Waals surface area contributed by atoms with Crippen molar-refractivity contribution in [3.05, 3.63) is 62.9 Å². The number of ether oxygens (including phenoxy) is 2. The Balaban J connectivity index is 1.02. The third kappa shape index (κ3) is 15.7. The van der Waals surface area contributed by atoms with Gasteiger partial charge in [0, 0.05) is 72.4 Å². The topological polar surface area (TPSA) is 358 Å². The zero-order chi connectivity index (χ0) is 66.8. The van der Waals surface area contributed by atoms with Crippen molar-refractivity contribution in [2.45, 2.75) is 96.7 Å². The summed E-state index contributed by atoms with van der Waals surface area (Å²) in [5.74, 6) is -11.1. The summed E-state index contributed by atoms with van der Waals surface area (Å²) in [4.78, 5) is 200. The minimum Gasteiger partial charge on any atom is -0.481 e. The normalized spacial score (nSPS) is 16.1. The van der Waals surface area contributed by atoms with Crippen molar-refractivity contribution in [3.8, 4) is 11.4 Å². The van der Waals surface area contributed by atoms with E-state index in [9.17, 15) is 72.2 Å². The molecule has 2 aromatic heterocycles. The molecule has 5 heterocycles. The van der Waals surface area contributed by atoms with Gasteiger partial charge in [-0.1, -0.05) is 45.9 Å². The molecule has 6 rings (SSSR count). The Morgan fingerprint density at radius 2 is 1.23 bits per heavy atom. The number of benzene rings is 1. The molecule has 30 heteroatoms. The molecule has 488 valence electrons. The molecule has 0 radical (unpaired) electrons. The molecule has 4 atom stereocenters. The maximum atomic E-state index is 14.5. The van der Waals surface area contributed by atoms with Gasteiger partial charge >= 0.3 is 17.9 Å². The predicted molar refractivity (Wildman–Crippen MR) is 321 cm³/mol. The van der Waals surface area contributed by atoms with Gasteiger partial charge in [0.15, 0.2) is 0 Å². The SMILES string of the molecule is CCc1c2c(nc3ccccc13)-c1cc3c(c(=O)n1C2)COC(=O)[C@@]3(CC)OC(=O)C(NC(=O)[C@@H]1CCCN1C(=O)[C@H](CC(=O)O)NC(=O)CN(C)C(=O)CN(C)C(=O)CN(C)C(=O)CN(C)C(=O)CN(C)C(=O)CN(C)C(=O)CN(C)C(=O)CNC)C(C)C. The number of nitrogens with one attached hydrogen (secondary N) is 3. The van der Waals surface area contributed by atoms with Gasteiger partial charge < -0.3 is 74.3 Å². The van der Waals surface area contributed by atoms with Crippen molar-refractivity contribution >= 4 is 87.9 Å². The average Bonchev–Trinajstić information content (AvgIpc) is 1.48. The van der Waals surface area contributed by atoms with Crippen LogP contribution in [0.2, 0.25) is 0 Å². The number of aliphatic carboxylic acids is 1. The Hall–Kier alpha value is -9.35. The van der Waals surface area contributed by atoms with Crippen LogP contribution in [0.15, 0.2) is 35.1 Å². The molecule has 10 amide bonds. The van der Waals surface area contributed by atoms with E-state index in [0.717, 1.165) is 50.8 Å². The molecule has 30 nitrogen and oxygen atoms in total. The third-order valence-corrected chi connectivity index (χ3v) is 16.3. The Bertz CT molecular complexity index is 3420. The molecule has 1 unspecified atom stereocenters. The van der Waals surface area contributed by atoms with Gasteiger partial charge in [0.05, 0.1) is 87.8 Å². The third-order valence-electron chi connectivity index (χ3n) is 16.3. The number of likely N-dealkylation sites (N-methyl/N-ethyl adjacent to an activating group) is 8. The van der Waals surface area contributed by atoms with E-state index in [-0.39, 0.29) is 69.1 Å². The number of fused-ring (bicyclic) bond motifs is 5. The summed E-state index contributed by atoms with van der Waals surface area (Å²) in [6, 6.07) is 4.83. The van der Waals surface area contributed by atoms with E-state index in [1.807, 2.05) is 31.2 Å². The van der Waals surface area contributed by atoms with E-state index in [0.29, 0.717) is 23.3 Å². The molecule has 1 aromatic carbocycles. The lowest BCUT2D eigenvalue weighted by atomic mass is 9.85. The van der Waals surface area contributed by atoms with Gasteiger partial charge in [-0.3, -0.25) is 57.5 Å².